The van der Waals surface area contributed by atoms with Gasteiger partial charge in [-0.25, -0.2) is 9.97 Å². The van der Waals surface area contributed by atoms with Crippen molar-refractivity contribution in [2.24, 2.45) is 11.1 Å². The highest BCUT2D eigenvalue weighted by molar-refractivity contribution is 6.39. The summed E-state index contributed by atoms with van der Waals surface area (Å²) in [7, 11) is 0. The van der Waals surface area contributed by atoms with Crippen LogP contribution >= 0.6 is 23.2 Å². The largest absolute Gasteiger partial charge is 0.416 e. The Morgan fingerprint density at radius 3 is 2.32 bits per heavy atom. The number of nitrogens with one attached hydrogen (secondary N) is 2. The molecule has 204 valence electrons. The molecule has 0 radical (unpaired) electrons. The third-order valence-corrected chi connectivity index (χ3v) is 8.34. The monoisotopic (exact) mass is 569 g/mol. The molecule has 0 saturated heterocycles. The van der Waals surface area contributed by atoms with Crippen molar-refractivity contribution in [3.63, 3.8) is 0 Å². The summed E-state index contributed by atoms with van der Waals surface area (Å²) in [6, 6.07) is 1.85. The second kappa shape index (κ2) is 10.1. The number of carbonyl (C=O) groups excluding carboxylic acids is 1. The number of carbonyl (C=O) groups is 1. The van der Waals surface area contributed by atoms with E-state index in [9.17, 15) is 18.0 Å². The normalized spacial score (nSPS) is 22.6. The lowest BCUT2D eigenvalue weighted by Gasteiger charge is -2.35. The minimum Gasteiger partial charge on any atom is -0.369 e. The molecule has 8 nitrogen and oxygen atoms in total. The average molecular weight is 570 g/mol. The Morgan fingerprint density at radius 2 is 1.74 bits per heavy atom. The lowest BCUT2D eigenvalue weighted by Crippen LogP contribution is -2.38. The first kappa shape index (κ1) is 26.8. The molecule has 2 aromatic heterocycles. The molecule has 0 spiro atoms. The average Bonchev–Trinajstić information content (AvgIpc) is 3.48. The van der Waals surface area contributed by atoms with Crippen molar-refractivity contribution in [3.05, 3.63) is 33.9 Å². The Kier molecular flexibility index (Phi) is 7.10. The molecule has 0 atom stereocenters. The van der Waals surface area contributed by atoms with Crippen LogP contribution in [0.4, 0.5) is 30.8 Å². The fraction of sp³-hybridized carbons (Fsp3) is 0.520. The Bertz CT molecular complexity index is 1340. The van der Waals surface area contributed by atoms with Gasteiger partial charge in [-0.1, -0.05) is 43.0 Å². The number of nitrogens with two attached hydrogens (primary N) is 1. The quantitative estimate of drug-likeness (QED) is 0.299. The molecule has 2 aliphatic carbocycles. The Hall–Kier alpha value is -2.79. The summed E-state index contributed by atoms with van der Waals surface area (Å²) in [4.78, 5) is 25.9. The van der Waals surface area contributed by atoms with Crippen LogP contribution < -0.4 is 16.4 Å². The van der Waals surface area contributed by atoms with E-state index < -0.39 is 17.2 Å². The Balaban J connectivity index is 1.54. The van der Waals surface area contributed by atoms with Gasteiger partial charge < -0.3 is 16.4 Å². The van der Waals surface area contributed by atoms with E-state index >= 15 is 0 Å². The number of rotatable bonds is 6. The predicted molar refractivity (Wildman–Crippen MR) is 141 cm³/mol. The summed E-state index contributed by atoms with van der Waals surface area (Å²) in [6.07, 6.45) is 3.84. The number of primary amides is 1. The molecule has 0 bridgehead atoms. The minimum atomic E-state index is -4.59. The molecular formula is C25H28Cl2F3N7O. The van der Waals surface area contributed by atoms with Crippen molar-refractivity contribution in [2.75, 3.05) is 10.6 Å². The second-order valence-electron chi connectivity index (χ2n) is 10.4. The van der Waals surface area contributed by atoms with Crippen LogP contribution in [0.2, 0.25) is 10.0 Å². The molecular weight excluding hydrogens is 542 g/mol. The molecule has 3 aromatic rings. The summed E-state index contributed by atoms with van der Waals surface area (Å²) in [6.45, 7) is 1.87. The van der Waals surface area contributed by atoms with Crippen molar-refractivity contribution in [1.82, 2.24) is 19.5 Å². The van der Waals surface area contributed by atoms with Crippen LogP contribution in [-0.2, 0) is 11.0 Å². The van der Waals surface area contributed by atoms with Gasteiger partial charge in [-0.15, -0.1) is 0 Å². The van der Waals surface area contributed by atoms with Crippen LogP contribution in [0, 0.1) is 5.41 Å². The number of hydrogen-bond acceptors (Lipinski definition) is 6. The maximum Gasteiger partial charge on any atom is 0.416 e. The van der Waals surface area contributed by atoms with Gasteiger partial charge in [0.25, 0.3) is 0 Å². The molecule has 1 aromatic carbocycles. The molecule has 0 aliphatic heterocycles. The molecule has 0 unspecified atom stereocenters. The van der Waals surface area contributed by atoms with E-state index in [-0.39, 0.29) is 27.7 Å². The van der Waals surface area contributed by atoms with Gasteiger partial charge >= 0.3 is 6.18 Å². The number of halogens is 5. The maximum atomic E-state index is 13.2. The highest BCUT2D eigenvalue weighted by atomic mass is 35.5. The van der Waals surface area contributed by atoms with Crippen molar-refractivity contribution in [3.8, 4) is 0 Å². The van der Waals surface area contributed by atoms with Gasteiger partial charge in [0.05, 0.1) is 27.5 Å². The third kappa shape index (κ3) is 5.22. The van der Waals surface area contributed by atoms with Gasteiger partial charge in [0.2, 0.25) is 17.8 Å². The predicted octanol–water partition coefficient (Wildman–Crippen LogP) is 6.86. The number of imidazole rings is 1. The standard InChI is InChI=1S/C25H28Cl2F3N7O/c1-24(21(31)38)8-6-15(7-9-24)37-20-18(12-32-22(36-20)33-14-4-2-3-5-14)34-23(37)35-19-16(26)10-13(11-17(19)27)25(28,29)30/h10-12,14-15H,2-9H2,1H3,(H2,31,38)(H,34,35)(H,32,33,36)/t15-,24-. The lowest BCUT2D eigenvalue weighted by molar-refractivity contribution is -0.137. The summed E-state index contributed by atoms with van der Waals surface area (Å²) in [5, 5.41) is 6.06. The maximum absolute atomic E-state index is 13.2. The molecule has 38 heavy (non-hydrogen) atoms. The molecule has 5 rings (SSSR count). The number of fused-ring (bicyclic) bond motifs is 1. The van der Waals surface area contributed by atoms with Gasteiger partial charge in [0, 0.05) is 17.5 Å². The van der Waals surface area contributed by atoms with Crippen LogP contribution in [0.25, 0.3) is 11.2 Å². The van der Waals surface area contributed by atoms with E-state index in [0.29, 0.717) is 54.8 Å². The summed E-state index contributed by atoms with van der Waals surface area (Å²) < 4.78 is 41.6. The number of hydrogen-bond donors (Lipinski definition) is 3. The van der Waals surface area contributed by atoms with Crippen molar-refractivity contribution in [2.45, 2.75) is 76.6 Å². The summed E-state index contributed by atoms with van der Waals surface area (Å²) in [5.74, 6) is 0.475. The van der Waals surface area contributed by atoms with Crippen molar-refractivity contribution < 1.29 is 18.0 Å². The number of alkyl halides is 3. The topological polar surface area (TPSA) is 111 Å². The zero-order valence-corrected chi connectivity index (χ0v) is 22.2. The lowest BCUT2D eigenvalue weighted by atomic mass is 9.73. The number of nitrogens with zero attached hydrogens (tertiary/aromatic N) is 4. The van der Waals surface area contributed by atoms with Gasteiger partial charge in [0.1, 0.15) is 5.52 Å². The number of anilines is 3. The van der Waals surface area contributed by atoms with Crippen molar-refractivity contribution >= 4 is 57.9 Å². The molecule has 2 heterocycles. The zero-order valence-electron chi connectivity index (χ0n) is 20.7. The van der Waals surface area contributed by atoms with Crippen LogP contribution in [0.15, 0.2) is 18.3 Å². The summed E-state index contributed by atoms with van der Waals surface area (Å²) >= 11 is 12.5. The van der Waals surface area contributed by atoms with E-state index in [0.717, 1.165) is 37.8 Å². The highest BCUT2D eigenvalue weighted by Crippen LogP contribution is 2.44. The number of benzene rings is 1. The number of amides is 1. The molecule has 2 saturated carbocycles. The Morgan fingerprint density at radius 1 is 1.11 bits per heavy atom. The van der Waals surface area contributed by atoms with Gasteiger partial charge in [-0.2, -0.15) is 18.2 Å². The first-order valence-corrected chi connectivity index (χ1v) is 13.3. The van der Waals surface area contributed by atoms with Crippen LogP contribution in [0.1, 0.15) is 69.9 Å². The molecule has 2 fully saturated rings. The van der Waals surface area contributed by atoms with Crippen LogP contribution in [0.3, 0.4) is 0 Å². The van der Waals surface area contributed by atoms with Gasteiger partial charge in [-0.3, -0.25) is 9.36 Å². The van der Waals surface area contributed by atoms with Crippen LogP contribution in [0.5, 0.6) is 0 Å². The SMILES string of the molecule is C[C@]1(C(N)=O)CC[C@H](n2c(Nc3c(Cl)cc(C(F)(F)F)cc3Cl)nc3cnc(NC4CCCC4)nc32)CC1. The number of aromatic nitrogens is 4. The summed E-state index contributed by atoms with van der Waals surface area (Å²) in [5.41, 5.74) is 5.28. The fourth-order valence-electron chi connectivity index (χ4n) is 5.36. The second-order valence-corrected chi connectivity index (χ2v) is 11.2. The highest BCUT2D eigenvalue weighted by Gasteiger charge is 2.38. The molecule has 13 heteroatoms. The van der Waals surface area contributed by atoms with Crippen LogP contribution in [-0.4, -0.2) is 31.5 Å². The van der Waals surface area contributed by atoms with E-state index in [1.807, 2.05) is 11.5 Å². The molecule has 1 amide bonds. The van der Waals surface area contributed by atoms with E-state index in [2.05, 4.69) is 20.6 Å². The molecule has 2 aliphatic rings. The minimum absolute atomic E-state index is 0.101. The smallest absolute Gasteiger partial charge is 0.369 e. The zero-order chi connectivity index (χ0) is 27.2. The fourth-order valence-corrected chi connectivity index (χ4v) is 5.94. The van der Waals surface area contributed by atoms with Gasteiger partial charge in [-0.05, 0) is 50.7 Å². The first-order valence-electron chi connectivity index (χ1n) is 12.6. The van der Waals surface area contributed by atoms with Crippen molar-refractivity contribution in [1.29, 1.82) is 0 Å². The first-order chi connectivity index (χ1) is 17.9. The third-order valence-electron chi connectivity index (χ3n) is 7.75. The van der Waals surface area contributed by atoms with Gasteiger partial charge in [0.15, 0.2) is 5.65 Å². The van der Waals surface area contributed by atoms with E-state index in [1.165, 1.54) is 0 Å². The Labute approximate surface area is 227 Å². The van der Waals surface area contributed by atoms with E-state index in [1.54, 1.807) is 6.20 Å². The van der Waals surface area contributed by atoms with E-state index in [4.69, 9.17) is 33.9 Å². The molecule has 4 N–H and O–H groups in total.